The summed E-state index contributed by atoms with van der Waals surface area (Å²) < 4.78 is 20.7. The number of benzene rings is 1. The van der Waals surface area contributed by atoms with Gasteiger partial charge in [-0.2, -0.15) is 4.37 Å². The molecular weight excluding hydrogens is 498 g/mol. The molecule has 12 heteroatoms. The maximum Gasteiger partial charge on any atom is 0.270 e. The lowest BCUT2D eigenvalue weighted by molar-refractivity contribution is -0.128. The van der Waals surface area contributed by atoms with Crippen LogP contribution in [-0.2, 0) is 11.3 Å². The number of nitrogen functional groups attached to an aromatic ring is 1. The summed E-state index contributed by atoms with van der Waals surface area (Å²) in [7, 11) is 0. The van der Waals surface area contributed by atoms with E-state index in [1.807, 2.05) is 20.8 Å². The number of hydrogen-bond acceptors (Lipinski definition) is 9. The molecule has 11 nitrogen and oxygen atoms in total. The fourth-order valence-corrected chi connectivity index (χ4v) is 4.55. The molecule has 1 aliphatic heterocycles. The molecule has 3 amide bonds. The van der Waals surface area contributed by atoms with Crippen molar-refractivity contribution in [3.63, 3.8) is 0 Å². The molecule has 5 N–H and O–H groups in total. The summed E-state index contributed by atoms with van der Waals surface area (Å²) in [5.74, 6) is 0.0637. The van der Waals surface area contributed by atoms with Crippen molar-refractivity contribution in [1.82, 2.24) is 14.6 Å². The Labute approximate surface area is 217 Å². The molecule has 0 spiro atoms. The van der Waals surface area contributed by atoms with Crippen LogP contribution in [0.1, 0.15) is 70.5 Å². The summed E-state index contributed by atoms with van der Waals surface area (Å²) >= 11 is 0.745. The highest BCUT2D eigenvalue weighted by Crippen LogP contribution is 2.35. The minimum Gasteiger partial charge on any atom is -0.464 e. The number of nitrogens with zero attached hydrogens (tertiary/aromatic N) is 2. The van der Waals surface area contributed by atoms with Crippen molar-refractivity contribution in [3.8, 4) is 11.5 Å². The van der Waals surface area contributed by atoms with Gasteiger partial charge >= 0.3 is 0 Å². The lowest BCUT2D eigenvalue weighted by Gasteiger charge is -2.33. The van der Waals surface area contributed by atoms with E-state index in [4.69, 9.17) is 25.4 Å². The number of hydrogen-bond donors (Lipinski definition) is 3. The molecule has 0 aliphatic carbocycles. The summed E-state index contributed by atoms with van der Waals surface area (Å²) in [4.78, 5) is 40.8. The van der Waals surface area contributed by atoms with Crippen LogP contribution in [0.3, 0.4) is 0 Å². The van der Waals surface area contributed by atoms with Crippen molar-refractivity contribution in [2.75, 3.05) is 12.5 Å². The van der Waals surface area contributed by atoms with Crippen molar-refractivity contribution in [1.29, 1.82) is 0 Å². The van der Waals surface area contributed by atoms with E-state index in [2.05, 4.69) is 9.69 Å². The van der Waals surface area contributed by atoms with Crippen LogP contribution in [0.25, 0.3) is 0 Å². The molecule has 0 fully saturated rings. The first-order valence-electron chi connectivity index (χ1n) is 11.6. The van der Waals surface area contributed by atoms with Crippen molar-refractivity contribution >= 4 is 34.9 Å². The lowest BCUT2D eigenvalue weighted by atomic mass is 10.0. The van der Waals surface area contributed by atoms with E-state index < -0.39 is 29.3 Å². The van der Waals surface area contributed by atoms with Gasteiger partial charge in [0, 0.05) is 12.1 Å². The van der Waals surface area contributed by atoms with Gasteiger partial charge in [0.05, 0.1) is 5.69 Å². The number of primary amides is 1. The topological polar surface area (TPSA) is 163 Å². The highest BCUT2D eigenvalue weighted by molar-refractivity contribution is 7.09. The number of ether oxygens (including phenoxy) is 2. The summed E-state index contributed by atoms with van der Waals surface area (Å²) in [6.45, 7) is 7.56. The van der Waals surface area contributed by atoms with Gasteiger partial charge in [-0.25, -0.2) is 0 Å². The van der Waals surface area contributed by atoms with Crippen LogP contribution >= 0.6 is 11.5 Å². The predicted octanol–water partition coefficient (Wildman–Crippen LogP) is 3.14. The second-order valence-electron chi connectivity index (χ2n) is 9.34. The van der Waals surface area contributed by atoms with E-state index in [9.17, 15) is 14.4 Å². The smallest absolute Gasteiger partial charge is 0.270 e. The number of rotatable bonds is 9. The van der Waals surface area contributed by atoms with Gasteiger partial charge in [-0.05, 0) is 68.6 Å². The molecule has 196 valence electrons. The molecule has 0 radical (unpaired) electrons. The molecule has 0 saturated carbocycles. The largest absolute Gasteiger partial charge is 0.464 e. The van der Waals surface area contributed by atoms with Crippen LogP contribution in [0.15, 0.2) is 34.7 Å². The zero-order valence-electron chi connectivity index (χ0n) is 21.0. The zero-order chi connectivity index (χ0) is 26.9. The zero-order valence-corrected chi connectivity index (χ0v) is 21.8. The van der Waals surface area contributed by atoms with Gasteiger partial charge in [0.1, 0.15) is 16.4 Å². The SMILES string of the molecule is CCC(C)(C)NC(=O)[C@H](c1ccc(C)o1)N(Cc1ccc2c(c1)OCO2)C(=O)c1snc(C(N)=O)c1N. The number of anilines is 1. The standard InChI is InChI=1S/C25H29N5O6S/c1-5-25(3,4)28-23(32)20(16-8-6-13(2)36-16)30(11-14-7-9-15-17(10-14)35-12-34-15)24(33)21-18(26)19(22(27)31)29-37-21/h6-10,20H,5,11-12,26H2,1-4H3,(H2,27,31)(H,28,32)/t20-/m0/s1. The molecule has 1 atom stereocenters. The third-order valence-electron chi connectivity index (χ3n) is 6.14. The summed E-state index contributed by atoms with van der Waals surface area (Å²) in [6, 6.07) is 7.47. The highest BCUT2D eigenvalue weighted by Gasteiger charge is 2.38. The van der Waals surface area contributed by atoms with E-state index in [1.165, 1.54) is 4.90 Å². The number of aromatic nitrogens is 1. The fourth-order valence-electron chi connectivity index (χ4n) is 3.79. The van der Waals surface area contributed by atoms with Gasteiger partial charge in [0.25, 0.3) is 17.7 Å². The van der Waals surface area contributed by atoms with Crippen molar-refractivity contribution in [3.05, 3.63) is 58.0 Å². The monoisotopic (exact) mass is 527 g/mol. The van der Waals surface area contributed by atoms with Crippen LogP contribution in [-0.4, -0.2) is 39.3 Å². The minimum atomic E-state index is -1.16. The summed E-state index contributed by atoms with van der Waals surface area (Å²) in [5, 5.41) is 3.01. The van der Waals surface area contributed by atoms with E-state index in [0.717, 1.165) is 11.5 Å². The van der Waals surface area contributed by atoms with Gasteiger partial charge in [0.15, 0.2) is 23.2 Å². The maximum atomic E-state index is 14.0. The normalized spacial score (nSPS) is 13.3. The molecule has 0 bridgehead atoms. The molecule has 3 heterocycles. The van der Waals surface area contributed by atoms with Gasteiger partial charge in [-0.15, -0.1) is 0 Å². The first-order valence-corrected chi connectivity index (χ1v) is 12.4. The average Bonchev–Trinajstić information content (AvgIpc) is 3.57. The molecule has 1 aliphatic rings. The Morgan fingerprint density at radius 1 is 1.19 bits per heavy atom. The van der Waals surface area contributed by atoms with Crippen LogP contribution in [0.2, 0.25) is 0 Å². The number of nitrogens with two attached hydrogens (primary N) is 2. The highest BCUT2D eigenvalue weighted by atomic mass is 32.1. The predicted molar refractivity (Wildman–Crippen MR) is 136 cm³/mol. The molecule has 3 aromatic rings. The molecule has 1 aromatic carbocycles. The molecule has 0 saturated heterocycles. The average molecular weight is 528 g/mol. The van der Waals surface area contributed by atoms with Crippen LogP contribution in [0.4, 0.5) is 5.69 Å². The first-order chi connectivity index (χ1) is 17.5. The quantitative estimate of drug-likeness (QED) is 0.382. The Hall–Kier alpha value is -4.06. The molecule has 0 unspecified atom stereocenters. The molecule has 4 rings (SSSR count). The van der Waals surface area contributed by atoms with Gasteiger partial charge in [-0.1, -0.05) is 13.0 Å². The first kappa shape index (κ1) is 26.0. The minimum absolute atomic E-state index is 0.00891. The van der Waals surface area contributed by atoms with E-state index in [0.29, 0.717) is 29.2 Å². The number of fused-ring (bicyclic) bond motifs is 1. The van der Waals surface area contributed by atoms with Crippen molar-refractivity contribution < 1.29 is 28.3 Å². The Bertz CT molecular complexity index is 1350. The number of amides is 3. The van der Waals surface area contributed by atoms with Crippen molar-refractivity contribution in [2.45, 2.75) is 52.2 Å². The summed E-state index contributed by atoms with van der Waals surface area (Å²) in [6.07, 6.45) is 0.655. The fraction of sp³-hybridized carbons (Fsp3) is 0.360. The Balaban J connectivity index is 1.81. The Morgan fingerprint density at radius 2 is 1.92 bits per heavy atom. The number of carbonyl (C=O) groups excluding carboxylic acids is 3. The van der Waals surface area contributed by atoms with E-state index >= 15 is 0 Å². The number of furan rings is 1. The van der Waals surface area contributed by atoms with Crippen LogP contribution < -0.4 is 26.3 Å². The second-order valence-corrected chi connectivity index (χ2v) is 10.1. The lowest BCUT2D eigenvalue weighted by Crippen LogP contribution is -2.50. The van der Waals surface area contributed by atoms with Crippen molar-refractivity contribution in [2.24, 2.45) is 5.73 Å². The van der Waals surface area contributed by atoms with Gasteiger partial charge in [0.2, 0.25) is 6.79 Å². The molecule has 37 heavy (non-hydrogen) atoms. The summed E-state index contributed by atoms with van der Waals surface area (Å²) in [5.41, 5.74) is 11.2. The third-order valence-corrected chi connectivity index (χ3v) is 6.99. The third kappa shape index (κ3) is 5.38. The molecule has 2 aromatic heterocycles. The van der Waals surface area contributed by atoms with Gasteiger partial charge < -0.3 is 35.6 Å². The van der Waals surface area contributed by atoms with Crippen LogP contribution in [0.5, 0.6) is 11.5 Å². The maximum absolute atomic E-state index is 14.0. The van der Waals surface area contributed by atoms with Gasteiger partial charge in [-0.3, -0.25) is 14.4 Å². The second kappa shape index (κ2) is 10.1. The number of aryl methyl sites for hydroxylation is 1. The van der Waals surface area contributed by atoms with Crippen LogP contribution in [0, 0.1) is 6.92 Å². The molecular formula is C25H29N5O6S. The Kier molecular flexibility index (Phi) is 7.12. The Morgan fingerprint density at radius 3 is 2.54 bits per heavy atom. The van der Waals surface area contributed by atoms with E-state index in [-0.39, 0.29) is 35.4 Å². The number of carbonyl (C=O) groups is 3. The number of nitrogens with one attached hydrogen (secondary N) is 1. The van der Waals surface area contributed by atoms with E-state index in [1.54, 1.807) is 37.3 Å².